The van der Waals surface area contributed by atoms with Crippen molar-refractivity contribution in [2.45, 2.75) is 45.8 Å². The molecule has 0 aromatic carbocycles. The lowest BCUT2D eigenvalue weighted by molar-refractivity contribution is -0.0121. The van der Waals surface area contributed by atoms with E-state index in [-0.39, 0.29) is 6.10 Å². The number of nitrogens with zero attached hydrogens (tertiary/aromatic N) is 1. The molecule has 1 atom stereocenters. The molecule has 1 aromatic rings. The minimum atomic E-state index is 0.201. The highest BCUT2D eigenvalue weighted by atomic mass is 16.5. The predicted octanol–water partition coefficient (Wildman–Crippen LogP) is 2.11. The molecular formula is C14H22N2O2. The molecule has 1 aromatic heterocycles. The van der Waals surface area contributed by atoms with Gasteiger partial charge >= 0.3 is 0 Å². The molecule has 100 valence electrons. The lowest BCUT2D eigenvalue weighted by atomic mass is 10.1. The van der Waals surface area contributed by atoms with Crippen molar-refractivity contribution >= 4 is 0 Å². The van der Waals surface area contributed by atoms with E-state index in [1.807, 2.05) is 19.9 Å². The van der Waals surface area contributed by atoms with Gasteiger partial charge < -0.3 is 15.2 Å². The molecule has 0 amide bonds. The molecule has 1 aliphatic rings. The Morgan fingerprint density at radius 2 is 2.28 bits per heavy atom. The standard InChI is InChI=1S/C14H22N2O2/c1-10-7-11(2)16-14(13(10)8-15)18-9-12-5-3-4-6-17-12/h7,12H,3-6,8-9,15H2,1-2H3. The molecule has 1 saturated heterocycles. The summed E-state index contributed by atoms with van der Waals surface area (Å²) in [6.07, 6.45) is 3.65. The summed E-state index contributed by atoms with van der Waals surface area (Å²) in [5, 5.41) is 0. The first-order valence-electron chi connectivity index (χ1n) is 6.62. The van der Waals surface area contributed by atoms with Crippen LogP contribution in [0.25, 0.3) is 0 Å². The van der Waals surface area contributed by atoms with Crippen LogP contribution in [0.1, 0.15) is 36.1 Å². The Labute approximate surface area is 108 Å². The van der Waals surface area contributed by atoms with E-state index in [2.05, 4.69) is 4.98 Å². The van der Waals surface area contributed by atoms with Crippen LogP contribution in [-0.2, 0) is 11.3 Å². The molecule has 18 heavy (non-hydrogen) atoms. The van der Waals surface area contributed by atoms with Gasteiger partial charge in [0.15, 0.2) is 0 Å². The van der Waals surface area contributed by atoms with Gasteiger partial charge in [-0.1, -0.05) is 0 Å². The third-order valence-corrected chi connectivity index (χ3v) is 3.32. The smallest absolute Gasteiger partial charge is 0.218 e. The minimum absolute atomic E-state index is 0.201. The fourth-order valence-electron chi connectivity index (χ4n) is 2.31. The van der Waals surface area contributed by atoms with Crippen molar-refractivity contribution in [2.24, 2.45) is 5.73 Å². The summed E-state index contributed by atoms with van der Waals surface area (Å²) in [5.41, 5.74) is 8.86. The van der Waals surface area contributed by atoms with E-state index in [0.717, 1.165) is 36.3 Å². The van der Waals surface area contributed by atoms with Gasteiger partial charge in [0, 0.05) is 24.4 Å². The quantitative estimate of drug-likeness (QED) is 0.889. The van der Waals surface area contributed by atoms with E-state index in [4.69, 9.17) is 15.2 Å². The molecule has 0 bridgehead atoms. The number of pyridine rings is 1. The van der Waals surface area contributed by atoms with Crippen LogP contribution in [0.2, 0.25) is 0 Å². The Hall–Kier alpha value is -1.13. The molecule has 4 nitrogen and oxygen atoms in total. The number of aromatic nitrogens is 1. The highest BCUT2D eigenvalue weighted by Crippen LogP contribution is 2.21. The maximum absolute atomic E-state index is 5.81. The summed E-state index contributed by atoms with van der Waals surface area (Å²) in [6.45, 7) is 5.89. The second-order valence-corrected chi connectivity index (χ2v) is 4.87. The van der Waals surface area contributed by atoms with Crippen molar-refractivity contribution in [1.29, 1.82) is 0 Å². The maximum Gasteiger partial charge on any atom is 0.218 e. The molecule has 0 radical (unpaired) electrons. The van der Waals surface area contributed by atoms with E-state index >= 15 is 0 Å². The molecule has 2 rings (SSSR count). The van der Waals surface area contributed by atoms with E-state index < -0.39 is 0 Å². The van der Waals surface area contributed by atoms with Gasteiger partial charge in [0.05, 0.1) is 6.10 Å². The number of aryl methyl sites for hydroxylation is 2. The highest BCUT2D eigenvalue weighted by Gasteiger charge is 2.16. The average Bonchev–Trinajstić information content (AvgIpc) is 2.37. The van der Waals surface area contributed by atoms with Gasteiger partial charge in [0.1, 0.15) is 6.61 Å². The predicted molar refractivity (Wildman–Crippen MR) is 70.7 cm³/mol. The Kier molecular flexibility index (Phi) is 4.55. The zero-order valence-corrected chi connectivity index (χ0v) is 11.2. The van der Waals surface area contributed by atoms with Gasteiger partial charge in [-0.3, -0.25) is 0 Å². The normalized spacial score (nSPS) is 19.8. The number of rotatable bonds is 4. The monoisotopic (exact) mass is 250 g/mol. The number of ether oxygens (including phenoxy) is 2. The van der Waals surface area contributed by atoms with E-state index in [9.17, 15) is 0 Å². The molecule has 4 heteroatoms. The minimum Gasteiger partial charge on any atom is -0.475 e. The van der Waals surface area contributed by atoms with Crippen LogP contribution in [0.4, 0.5) is 0 Å². The van der Waals surface area contributed by atoms with Gasteiger partial charge in [-0.05, 0) is 44.7 Å². The van der Waals surface area contributed by atoms with Crippen LogP contribution in [0.3, 0.4) is 0 Å². The summed E-state index contributed by atoms with van der Waals surface area (Å²) in [4.78, 5) is 4.43. The Balaban J connectivity index is 2.03. The summed E-state index contributed by atoms with van der Waals surface area (Å²) in [7, 11) is 0. The summed E-state index contributed by atoms with van der Waals surface area (Å²) < 4.78 is 11.5. The fourth-order valence-corrected chi connectivity index (χ4v) is 2.31. The fraction of sp³-hybridized carbons (Fsp3) is 0.643. The topological polar surface area (TPSA) is 57.4 Å². The molecule has 0 saturated carbocycles. The Morgan fingerprint density at radius 3 is 2.94 bits per heavy atom. The SMILES string of the molecule is Cc1cc(C)c(CN)c(OCC2CCCCO2)n1. The first-order chi connectivity index (χ1) is 8.70. The summed E-state index contributed by atoms with van der Waals surface area (Å²) >= 11 is 0. The van der Waals surface area contributed by atoms with Crippen molar-refractivity contribution in [3.05, 3.63) is 22.9 Å². The van der Waals surface area contributed by atoms with Crippen LogP contribution in [0, 0.1) is 13.8 Å². The van der Waals surface area contributed by atoms with Crippen molar-refractivity contribution in [3.63, 3.8) is 0 Å². The highest BCUT2D eigenvalue weighted by molar-refractivity contribution is 5.35. The Morgan fingerprint density at radius 1 is 1.44 bits per heavy atom. The maximum atomic E-state index is 5.81. The second-order valence-electron chi connectivity index (χ2n) is 4.87. The lowest BCUT2D eigenvalue weighted by Crippen LogP contribution is -2.26. The third-order valence-electron chi connectivity index (χ3n) is 3.32. The van der Waals surface area contributed by atoms with E-state index in [1.165, 1.54) is 6.42 Å². The van der Waals surface area contributed by atoms with Crippen LogP contribution < -0.4 is 10.5 Å². The first kappa shape index (κ1) is 13.3. The lowest BCUT2D eigenvalue weighted by Gasteiger charge is -2.23. The third kappa shape index (κ3) is 3.21. The molecule has 1 unspecified atom stereocenters. The van der Waals surface area contributed by atoms with Gasteiger partial charge in [0.2, 0.25) is 5.88 Å². The summed E-state index contributed by atoms with van der Waals surface area (Å²) in [5.74, 6) is 0.671. The van der Waals surface area contributed by atoms with Crippen molar-refractivity contribution in [3.8, 4) is 5.88 Å². The first-order valence-corrected chi connectivity index (χ1v) is 6.62. The molecule has 0 aliphatic carbocycles. The van der Waals surface area contributed by atoms with Crippen molar-refractivity contribution in [1.82, 2.24) is 4.98 Å². The molecule has 1 aliphatic heterocycles. The van der Waals surface area contributed by atoms with Crippen LogP contribution in [0.15, 0.2) is 6.07 Å². The Bertz CT molecular complexity index is 401. The van der Waals surface area contributed by atoms with Crippen LogP contribution >= 0.6 is 0 Å². The zero-order chi connectivity index (χ0) is 13.0. The average molecular weight is 250 g/mol. The molecular weight excluding hydrogens is 228 g/mol. The number of hydrogen-bond donors (Lipinski definition) is 1. The molecule has 2 N–H and O–H groups in total. The van der Waals surface area contributed by atoms with Crippen LogP contribution in [-0.4, -0.2) is 24.3 Å². The van der Waals surface area contributed by atoms with Crippen molar-refractivity contribution in [2.75, 3.05) is 13.2 Å². The van der Waals surface area contributed by atoms with Gasteiger partial charge in [-0.2, -0.15) is 0 Å². The second kappa shape index (κ2) is 6.16. The van der Waals surface area contributed by atoms with Gasteiger partial charge in [-0.25, -0.2) is 4.98 Å². The number of hydrogen-bond acceptors (Lipinski definition) is 4. The zero-order valence-electron chi connectivity index (χ0n) is 11.2. The van der Waals surface area contributed by atoms with Crippen molar-refractivity contribution < 1.29 is 9.47 Å². The van der Waals surface area contributed by atoms with E-state index in [0.29, 0.717) is 19.0 Å². The molecule has 2 heterocycles. The van der Waals surface area contributed by atoms with E-state index in [1.54, 1.807) is 0 Å². The molecule has 0 spiro atoms. The van der Waals surface area contributed by atoms with Crippen LogP contribution in [0.5, 0.6) is 5.88 Å². The molecule has 1 fully saturated rings. The summed E-state index contributed by atoms with van der Waals surface area (Å²) in [6, 6.07) is 2.03. The number of nitrogens with two attached hydrogens (primary N) is 1. The van der Waals surface area contributed by atoms with Gasteiger partial charge in [0.25, 0.3) is 0 Å². The largest absolute Gasteiger partial charge is 0.475 e. The van der Waals surface area contributed by atoms with Gasteiger partial charge in [-0.15, -0.1) is 0 Å².